The molecule has 0 saturated heterocycles. The number of hydrogen-bond donors (Lipinski definition) is 0. The fourth-order valence-corrected chi connectivity index (χ4v) is 2.66. The monoisotopic (exact) mass is 310 g/mol. The fraction of sp³-hybridized carbons (Fsp3) is 0.500. The SMILES string of the molecule is O=C(c1ccc(F)c(F)c1F)C1CCCC(C(F)(F)F)C1. The molecular weight excluding hydrogens is 298 g/mol. The van der Waals surface area contributed by atoms with E-state index in [4.69, 9.17) is 0 Å². The molecule has 1 fully saturated rings. The van der Waals surface area contributed by atoms with Crippen molar-refractivity contribution in [2.24, 2.45) is 11.8 Å². The molecule has 0 radical (unpaired) electrons. The molecule has 0 bridgehead atoms. The average molecular weight is 310 g/mol. The third-order valence-corrected chi connectivity index (χ3v) is 3.81. The second kappa shape index (κ2) is 5.69. The zero-order chi connectivity index (χ0) is 15.8. The van der Waals surface area contributed by atoms with E-state index >= 15 is 0 Å². The van der Waals surface area contributed by atoms with Crippen molar-refractivity contribution < 1.29 is 31.1 Å². The molecule has 116 valence electrons. The van der Waals surface area contributed by atoms with Gasteiger partial charge in [0.15, 0.2) is 23.2 Å². The maximum Gasteiger partial charge on any atom is 0.391 e. The van der Waals surface area contributed by atoms with Crippen molar-refractivity contribution in [1.82, 2.24) is 0 Å². The molecule has 0 spiro atoms. The van der Waals surface area contributed by atoms with E-state index in [2.05, 4.69) is 0 Å². The summed E-state index contributed by atoms with van der Waals surface area (Å²) in [5, 5.41) is 0. The lowest BCUT2D eigenvalue weighted by Gasteiger charge is -2.29. The molecule has 1 saturated carbocycles. The minimum absolute atomic E-state index is 0.0759. The van der Waals surface area contributed by atoms with Gasteiger partial charge in [-0.1, -0.05) is 6.42 Å². The molecule has 0 N–H and O–H groups in total. The number of hydrogen-bond acceptors (Lipinski definition) is 1. The second-order valence-electron chi connectivity index (χ2n) is 5.19. The summed E-state index contributed by atoms with van der Waals surface area (Å²) >= 11 is 0. The minimum Gasteiger partial charge on any atom is -0.294 e. The van der Waals surface area contributed by atoms with Crippen LogP contribution in [0.4, 0.5) is 26.3 Å². The first-order valence-electron chi connectivity index (χ1n) is 6.46. The number of carbonyl (C=O) groups is 1. The lowest BCUT2D eigenvalue weighted by molar-refractivity contribution is -0.184. The van der Waals surface area contributed by atoms with Gasteiger partial charge in [-0.15, -0.1) is 0 Å². The van der Waals surface area contributed by atoms with Crippen LogP contribution in [0, 0.1) is 29.3 Å². The quantitative estimate of drug-likeness (QED) is 0.441. The van der Waals surface area contributed by atoms with Crippen LogP contribution in [0.2, 0.25) is 0 Å². The van der Waals surface area contributed by atoms with Gasteiger partial charge in [0.1, 0.15) is 0 Å². The van der Waals surface area contributed by atoms with Crippen LogP contribution >= 0.6 is 0 Å². The first-order valence-corrected chi connectivity index (χ1v) is 6.46. The van der Waals surface area contributed by atoms with Crippen LogP contribution in [-0.2, 0) is 0 Å². The van der Waals surface area contributed by atoms with Crippen LogP contribution < -0.4 is 0 Å². The van der Waals surface area contributed by atoms with Crippen LogP contribution in [0.1, 0.15) is 36.0 Å². The zero-order valence-electron chi connectivity index (χ0n) is 10.8. The first kappa shape index (κ1) is 15.9. The summed E-state index contributed by atoms with van der Waals surface area (Å²) in [4.78, 5) is 12.1. The maximum atomic E-state index is 13.5. The number of carbonyl (C=O) groups excluding carboxylic acids is 1. The maximum absolute atomic E-state index is 13.5. The Labute approximate surface area is 116 Å². The van der Waals surface area contributed by atoms with Crippen molar-refractivity contribution in [2.75, 3.05) is 0 Å². The van der Waals surface area contributed by atoms with Gasteiger partial charge in [0.2, 0.25) is 0 Å². The highest BCUT2D eigenvalue weighted by Crippen LogP contribution is 2.41. The van der Waals surface area contributed by atoms with Crippen LogP contribution in [0.15, 0.2) is 12.1 Å². The molecule has 2 unspecified atom stereocenters. The fourth-order valence-electron chi connectivity index (χ4n) is 2.66. The molecular formula is C14H12F6O. The summed E-state index contributed by atoms with van der Waals surface area (Å²) in [6.45, 7) is 0. The molecule has 2 rings (SSSR count). The number of halogens is 6. The number of Topliss-reactive ketones (excluding diaryl/α,β-unsaturated/α-hetero) is 1. The first-order chi connectivity index (χ1) is 9.71. The number of benzene rings is 1. The van der Waals surface area contributed by atoms with E-state index in [0.29, 0.717) is 6.07 Å². The number of alkyl halides is 3. The van der Waals surface area contributed by atoms with E-state index < -0.39 is 53.2 Å². The van der Waals surface area contributed by atoms with Gasteiger partial charge in [-0.2, -0.15) is 13.2 Å². The Morgan fingerprint density at radius 2 is 1.71 bits per heavy atom. The summed E-state index contributed by atoms with van der Waals surface area (Å²) in [5.74, 6) is -8.42. The van der Waals surface area contributed by atoms with E-state index in [-0.39, 0.29) is 19.3 Å². The highest BCUT2D eigenvalue weighted by molar-refractivity contribution is 5.98. The number of ketones is 1. The van der Waals surface area contributed by atoms with Crippen molar-refractivity contribution in [2.45, 2.75) is 31.9 Å². The van der Waals surface area contributed by atoms with E-state index in [1.54, 1.807) is 0 Å². The Bertz CT molecular complexity index is 551. The molecule has 7 heteroatoms. The van der Waals surface area contributed by atoms with E-state index in [0.717, 1.165) is 6.07 Å². The lowest BCUT2D eigenvalue weighted by Crippen LogP contribution is -2.32. The standard InChI is InChI=1S/C14H12F6O/c15-10-5-4-9(11(16)12(10)17)13(21)7-2-1-3-8(6-7)14(18,19)20/h4-5,7-8H,1-3,6H2. The van der Waals surface area contributed by atoms with Gasteiger partial charge in [0, 0.05) is 5.92 Å². The Balaban J connectivity index is 2.22. The van der Waals surface area contributed by atoms with Crippen LogP contribution in [0.25, 0.3) is 0 Å². The third-order valence-electron chi connectivity index (χ3n) is 3.81. The summed E-state index contributed by atoms with van der Waals surface area (Å²) in [6.07, 6.45) is -4.56. The Hall–Kier alpha value is -1.53. The van der Waals surface area contributed by atoms with E-state index in [9.17, 15) is 31.1 Å². The highest BCUT2D eigenvalue weighted by Gasteiger charge is 2.44. The van der Waals surface area contributed by atoms with Crippen molar-refractivity contribution >= 4 is 5.78 Å². The Kier molecular flexibility index (Phi) is 4.30. The van der Waals surface area contributed by atoms with Gasteiger partial charge in [0.05, 0.1) is 11.5 Å². The van der Waals surface area contributed by atoms with E-state index in [1.165, 1.54) is 0 Å². The molecule has 1 aliphatic carbocycles. The van der Waals surface area contributed by atoms with Crippen LogP contribution in [-0.4, -0.2) is 12.0 Å². The zero-order valence-corrected chi connectivity index (χ0v) is 10.8. The highest BCUT2D eigenvalue weighted by atomic mass is 19.4. The third kappa shape index (κ3) is 3.22. The predicted molar refractivity (Wildman–Crippen MR) is 62.1 cm³/mol. The molecule has 1 nitrogen and oxygen atoms in total. The van der Waals surface area contributed by atoms with Gasteiger partial charge in [-0.05, 0) is 31.4 Å². The topological polar surface area (TPSA) is 17.1 Å². The van der Waals surface area contributed by atoms with Crippen molar-refractivity contribution in [3.05, 3.63) is 35.1 Å². The summed E-state index contributed by atoms with van der Waals surface area (Å²) in [6, 6.07) is 1.36. The van der Waals surface area contributed by atoms with Gasteiger partial charge < -0.3 is 0 Å². The number of rotatable bonds is 2. The Morgan fingerprint density at radius 3 is 2.33 bits per heavy atom. The van der Waals surface area contributed by atoms with Crippen LogP contribution in [0.3, 0.4) is 0 Å². The molecule has 1 aromatic carbocycles. The van der Waals surface area contributed by atoms with Gasteiger partial charge in [-0.3, -0.25) is 4.79 Å². The molecule has 0 aromatic heterocycles. The van der Waals surface area contributed by atoms with Gasteiger partial charge in [-0.25, -0.2) is 13.2 Å². The lowest BCUT2D eigenvalue weighted by atomic mass is 9.77. The molecule has 1 aromatic rings. The van der Waals surface area contributed by atoms with Gasteiger partial charge in [0.25, 0.3) is 0 Å². The molecule has 0 heterocycles. The molecule has 1 aliphatic rings. The summed E-state index contributed by atoms with van der Waals surface area (Å²) in [5.41, 5.74) is -0.693. The molecule has 0 aliphatic heterocycles. The Morgan fingerprint density at radius 1 is 1.05 bits per heavy atom. The van der Waals surface area contributed by atoms with Crippen molar-refractivity contribution in [3.63, 3.8) is 0 Å². The normalized spacial score (nSPS) is 23.1. The second-order valence-corrected chi connectivity index (χ2v) is 5.19. The van der Waals surface area contributed by atoms with Crippen molar-refractivity contribution in [1.29, 1.82) is 0 Å². The molecule has 21 heavy (non-hydrogen) atoms. The molecule has 0 amide bonds. The van der Waals surface area contributed by atoms with Crippen molar-refractivity contribution in [3.8, 4) is 0 Å². The summed E-state index contributed by atoms with van der Waals surface area (Å²) < 4.78 is 77.5. The smallest absolute Gasteiger partial charge is 0.294 e. The minimum atomic E-state index is -4.41. The van der Waals surface area contributed by atoms with E-state index in [1.807, 2.05) is 0 Å². The summed E-state index contributed by atoms with van der Waals surface area (Å²) in [7, 11) is 0. The largest absolute Gasteiger partial charge is 0.391 e. The molecule has 2 atom stereocenters. The average Bonchev–Trinajstić information content (AvgIpc) is 2.43. The van der Waals surface area contributed by atoms with Gasteiger partial charge >= 0.3 is 6.18 Å². The van der Waals surface area contributed by atoms with Crippen LogP contribution in [0.5, 0.6) is 0 Å². The predicted octanol–water partition coefficient (Wildman–Crippen LogP) is 4.66.